The Morgan fingerprint density at radius 3 is 2.59 bits per heavy atom. The highest BCUT2D eigenvalue weighted by Crippen LogP contribution is 2.26. The molecule has 29 heavy (non-hydrogen) atoms. The predicted octanol–water partition coefficient (Wildman–Crippen LogP) is 3.38. The highest BCUT2D eigenvalue weighted by molar-refractivity contribution is 14.0. The number of hydrogen-bond donors (Lipinski definition) is 1. The fourth-order valence-electron chi connectivity index (χ4n) is 4.29. The van der Waals surface area contributed by atoms with Crippen LogP contribution < -0.4 is 10.1 Å². The molecule has 0 amide bonds. The maximum absolute atomic E-state index is 5.52. The summed E-state index contributed by atoms with van der Waals surface area (Å²) in [6.45, 7) is 5.90. The summed E-state index contributed by atoms with van der Waals surface area (Å²) in [6, 6.07) is 8.86. The summed E-state index contributed by atoms with van der Waals surface area (Å²) < 4.78 is 10.9. The number of guanidine groups is 1. The van der Waals surface area contributed by atoms with Gasteiger partial charge in [-0.15, -0.1) is 24.0 Å². The number of likely N-dealkylation sites (tertiary alicyclic amines) is 1. The summed E-state index contributed by atoms with van der Waals surface area (Å²) in [5.41, 5.74) is 1.33. The molecule has 1 aromatic carbocycles. The second-order valence-electron chi connectivity index (χ2n) is 7.92. The minimum absolute atomic E-state index is 0. The van der Waals surface area contributed by atoms with E-state index in [-0.39, 0.29) is 24.0 Å². The first kappa shape index (κ1) is 24.2. The van der Waals surface area contributed by atoms with Crippen LogP contribution in [0.15, 0.2) is 29.3 Å². The number of nitrogens with one attached hydrogen (secondary N) is 1. The van der Waals surface area contributed by atoms with Crippen LogP contribution in [-0.2, 0) is 4.74 Å². The van der Waals surface area contributed by atoms with E-state index in [9.17, 15) is 0 Å². The molecule has 1 aromatic rings. The van der Waals surface area contributed by atoms with E-state index in [0.717, 1.165) is 57.5 Å². The monoisotopic (exact) mass is 516 g/mol. The van der Waals surface area contributed by atoms with E-state index in [1.165, 1.54) is 24.8 Å². The molecule has 0 saturated carbocycles. The van der Waals surface area contributed by atoms with Gasteiger partial charge in [-0.05, 0) is 50.0 Å². The van der Waals surface area contributed by atoms with Gasteiger partial charge in [0.1, 0.15) is 5.75 Å². The Balaban J connectivity index is 0.00000300. The largest absolute Gasteiger partial charge is 0.497 e. The molecule has 0 bridgehead atoms. The van der Waals surface area contributed by atoms with Gasteiger partial charge < -0.3 is 19.7 Å². The third-order valence-electron chi connectivity index (χ3n) is 5.91. The number of hydrogen-bond acceptors (Lipinski definition) is 4. The topological polar surface area (TPSA) is 49.3 Å². The molecule has 7 heteroatoms. The summed E-state index contributed by atoms with van der Waals surface area (Å²) in [5.74, 6) is 2.47. The van der Waals surface area contributed by atoms with E-state index in [1.54, 1.807) is 7.11 Å². The van der Waals surface area contributed by atoms with Gasteiger partial charge in [0.25, 0.3) is 0 Å². The molecule has 1 N–H and O–H groups in total. The third-order valence-corrected chi connectivity index (χ3v) is 5.91. The smallest absolute Gasteiger partial charge is 0.193 e. The van der Waals surface area contributed by atoms with Crippen molar-refractivity contribution in [2.75, 3.05) is 60.6 Å². The number of benzene rings is 1. The zero-order chi connectivity index (χ0) is 19.8. The van der Waals surface area contributed by atoms with Gasteiger partial charge in [0.05, 0.1) is 19.8 Å². The van der Waals surface area contributed by atoms with E-state index >= 15 is 0 Å². The Bertz CT molecular complexity index is 614. The molecule has 2 aliphatic rings. The van der Waals surface area contributed by atoms with Gasteiger partial charge in [0, 0.05) is 39.7 Å². The van der Waals surface area contributed by atoms with Crippen LogP contribution in [0.5, 0.6) is 5.75 Å². The molecule has 2 fully saturated rings. The maximum atomic E-state index is 5.52. The SMILES string of the molecule is CN=C(NCC(c1ccc(OC)cc1)N1CCCCC1)N(C)CC1CCOC1.I. The molecule has 0 radical (unpaired) electrons. The Kier molecular flexibility index (Phi) is 10.5. The molecule has 6 nitrogen and oxygen atoms in total. The zero-order valence-corrected chi connectivity index (χ0v) is 20.4. The number of rotatable bonds is 7. The number of piperidine rings is 1. The predicted molar refractivity (Wildman–Crippen MR) is 129 cm³/mol. The molecule has 2 saturated heterocycles. The molecule has 2 atom stereocenters. The first-order chi connectivity index (χ1) is 13.7. The van der Waals surface area contributed by atoms with Gasteiger partial charge in [-0.3, -0.25) is 9.89 Å². The van der Waals surface area contributed by atoms with Crippen molar-refractivity contribution in [1.29, 1.82) is 0 Å². The molecule has 0 aliphatic carbocycles. The van der Waals surface area contributed by atoms with Gasteiger partial charge >= 0.3 is 0 Å². The standard InChI is InChI=1S/C22H36N4O2.HI/c1-23-22(25(2)16-18-11-14-28-17-18)24-15-21(26-12-5-4-6-13-26)19-7-9-20(27-3)10-8-19;/h7-10,18,21H,4-6,11-17H2,1-3H3,(H,23,24);1H. The summed E-state index contributed by atoms with van der Waals surface area (Å²) in [7, 11) is 5.71. The fraction of sp³-hybridized carbons (Fsp3) is 0.682. The van der Waals surface area contributed by atoms with Crippen molar-refractivity contribution in [2.24, 2.45) is 10.9 Å². The van der Waals surface area contributed by atoms with Crippen LogP contribution in [0.4, 0.5) is 0 Å². The van der Waals surface area contributed by atoms with Crippen LogP contribution in [0.3, 0.4) is 0 Å². The summed E-state index contributed by atoms with van der Waals surface area (Å²) in [5, 5.41) is 3.63. The van der Waals surface area contributed by atoms with Crippen molar-refractivity contribution in [3.63, 3.8) is 0 Å². The fourth-order valence-corrected chi connectivity index (χ4v) is 4.29. The number of aliphatic imine (C=N–C) groups is 1. The van der Waals surface area contributed by atoms with Gasteiger partial charge in [-0.2, -0.15) is 0 Å². The van der Waals surface area contributed by atoms with Gasteiger partial charge in [0.15, 0.2) is 5.96 Å². The first-order valence-corrected chi connectivity index (χ1v) is 10.6. The number of methoxy groups -OCH3 is 1. The number of nitrogens with zero attached hydrogens (tertiary/aromatic N) is 3. The van der Waals surface area contributed by atoms with E-state index in [2.05, 4.69) is 51.4 Å². The molecular weight excluding hydrogens is 479 g/mol. The minimum atomic E-state index is 0. The Hall–Kier alpha value is -1.06. The van der Waals surface area contributed by atoms with Crippen molar-refractivity contribution >= 4 is 29.9 Å². The van der Waals surface area contributed by atoms with Gasteiger partial charge in [-0.25, -0.2) is 0 Å². The average molecular weight is 516 g/mol. The second kappa shape index (κ2) is 12.6. The Morgan fingerprint density at radius 2 is 2.00 bits per heavy atom. The van der Waals surface area contributed by atoms with E-state index in [1.807, 2.05) is 7.05 Å². The lowest BCUT2D eigenvalue weighted by Crippen LogP contribution is -2.46. The third kappa shape index (κ3) is 7.00. The van der Waals surface area contributed by atoms with Crippen molar-refractivity contribution in [3.05, 3.63) is 29.8 Å². The van der Waals surface area contributed by atoms with Gasteiger partial charge in [-0.1, -0.05) is 18.6 Å². The van der Waals surface area contributed by atoms with Crippen LogP contribution in [0.2, 0.25) is 0 Å². The second-order valence-corrected chi connectivity index (χ2v) is 7.92. The Morgan fingerprint density at radius 1 is 1.28 bits per heavy atom. The average Bonchev–Trinajstić information content (AvgIpc) is 3.25. The van der Waals surface area contributed by atoms with Crippen molar-refractivity contribution in [2.45, 2.75) is 31.7 Å². The Labute approximate surface area is 193 Å². The van der Waals surface area contributed by atoms with Crippen molar-refractivity contribution in [3.8, 4) is 5.75 Å². The molecular formula is C22H37IN4O2. The summed E-state index contributed by atoms with van der Waals surface area (Å²) in [6.07, 6.45) is 5.04. The highest BCUT2D eigenvalue weighted by Gasteiger charge is 2.24. The van der Waals surface area contributed by atoms with Crippen molar-refractivity contribution in [1.82, 2.24) is 15.1 Å². The molecule has 2 aliphatic heterocycles. The molecule has 2 unspecified atom stereocenters. The van der Waals surface area contributed by atoms with Crippen LogP contribution in [0.1, 0.15) is 37.3 Å². The van der Waals surface area contributed by atoms with E-state index in [0.29, 0.717) is 12.0 Å². The van der Waals surface area contributed by atoms with E-state index < -0.39 is 0 Å². The lowest BCUT2D eigenvalue weighted by Gasteiger charge is -2.36. The van der Waals surface area contributed by atoms with E-state index in [4.69, 9.17) is 9.47 Å². The molecule has 164 valence electrons. The van der Waals surface area contributed by atoms with Crippen molar-refractivity contribution < 1.29 is 9.47 Å². The molecule has 3 rings (SSSR count). The van der Waals surface area contributed by atoms with Gasteiger partial charge in [0.2, 0.25) is 0 Å². The maximum Gasteiger partial charge on any atom is 0.193 e. The molecule has 0 spiro atoms. The normalized spacial score (nSPS) is 21.3. The van der Waals surface area contributed by atoms with Crippen LogP contribution in [0, 0.1) is 5.92 Å². The minimum Gasteiger partial charge on any atom is -0.497 e. The molecule has 0 aromatic heterocycles. The lowest BCUT2D eigenvalue weighted by atomic mass is 10.0. The summed E-state index contributed by atoms with van der Waals surface area (Å²) >= 11 is 0. The summed E-state index contributed by atoms with van der Waals surface area (Å²) in [4.78, 5) is 9.36. The van der Waals surface area contributed by atoms with Crippen LogP contribution >= 0.6 is 24.0 Å². The zero-order valence-electron chi connectivity index (χ0n) is 18.1. The van der Waals surface area contributed by atoms with Crippen LogP contribution in [0.25, 0.3) is 0 Å². The number of ether oxygens (including phenoxy) is 2. The first-order valence-electron chi connectivity index (χ1n) is 10.6. The lowest BCUT2D eigenvalue weighted by molar-refractivity contribution is 0.163. The highest BCUT2D eigenvalue weighted by atomic mass is 127. The molecule has 2 heterocycles. The number of halogens is 1. The quantitative estimate of drug-likeness (QED) is 0.342. The van der Waals surface area contributed by atoms with Crippen LogP contribution in [-0.4, -0.2) is 76.4 Å².